The summed E-state index contributed by atoms with van der Waals surface area (Å²) in [6.45, 7) is 1.17. The van der Waals surface area contributed by atoms with E-state index in [4.69, 9.17) is 4.52 Å². The van der Waals surface area contributed by atoms with Crippen molar-refractivity contribution in [1.82, 2.24) is 10.1 Å². The summed E-state index contributed by atoms with van der Waals surface area (Å²) in [4.78, 5) is 26.8. The van der Waals surface area contributed by atoms with Gasteiger partial charge in [-0.1, -0.05) is 35.5 Å². The van der Waals surface area contributed by atoms with Gasteiger partial charge in [0.2, 0.25) is 11.8 Å². The van der Waals surface area contributed by atoms with Gasteiger partial charge in [0.1, 0.15) is 5.69 Å². The summed E-state index contributed by atoms with van der Waals surface area (Å²) in [5, 5.41) is 7.86. The van der Waals surface area contributed by atoms with Gasteiger partial charge in [-0.05, 0) is 37.1 Å². The van der Waals surface area contributed by atoms with Crippen molar-refractivity contribution in [2.45, 2.75) is 19.3 Å². The second-order valence-corrected chi connectivity index (χ2v) is 6.81. The van der Waals surface area contributed by atoms with Gasteiger partial charge in [-0.25, -0.2) is 0 Å². The first-order valence-corrected chi connectivity index (χ1v) is 9.17. The van der Waals surface area contributed by atoms with Crippen LogP contribution in [0.1, 0.15) is 18.5 Å². The summed E-state index contributed by atoms with van der Waals surface area (Å²) in [6, 6.07) is 17.0. The van der Waals surface area contributed by atoms with Crippen LogP contribution in [0.15, 0.2) is 59.1 Å². The van der Waals surface area contributed by atoms with Crippen molar-refractivity contribution in [3.8, 4) is 0 Å². The summed E-state index contributed by atoms with van der Waals surface area (Å²) in [5.74, 6) is -0.0195. The molecule has 0 aliphatic carbocycles. The van der Waals surface area contributed by atoms with Gasteiger partial charge in [0.15, 0.2) is 5.58 Å². The maximum Gasteiger partial charge on any atom is 0.228 e. The summed E-state index contributed by atoms with van der Waals surface area (Å²) in [7, 11) is 0. The van der Waals surface area contributed by atoms with E-state index in [-0.39, 0.29) is 24.2 Å². The monoisotopic (exact) mass is 363 g/mol. The van der Waals surface area contributed by atoms with Gasteiger partial charge in [-0.2, -0.15) is 0 Å². The van der Waals surface area contributed by atoms with Crippen LogP contribution in [0.5, 0.6) is 0 Å². The normalized spacial score (nSPS) is 15.0. The fourth-order valence-corrected chi connectivity index (χ4v) is 3.48. The van der Waals surface area contributed by atoms with Crippen LogP contribution in [-0.4, -0.2) is 35.0 Å². The number of hydrogen-bond donors (Lipinski definition) is 1. The molecule has 27 heavy (non-hydrogen) atoms. The molecule has 0 bridgehead atoms. The molecule has 2 amide bonds. The van der Waals surface area contributed by atoms with E-state index in [1.807, 2.05) is 59.5 Å². The number of piperidine rings is 1. The van der Waals surface area contributed by atoms with Crippen molar-refractivity contribution in [3.05, 3.63) is 60.3 Å². The maximum absolute atomic E-state index is 12.6. The minimum Gasteiger partial charge on any atom is -0.356 e. The number of carbonyl (C=O) groups excluding carboxylic acids is 2. The number of fused-ring (bicyclic) bond motifs is 1. The summed E-state index contributed by atoms with van der Waals surface area (Å²) >= 11 is 0. The Morgan fingerprint density at radius 3 is 2.52 bits per heavy atom. The molecule has 3 aromatic rings. The topological polar surface area (TPSA) is 75.4 Å². The van der Waals surface area contributed by atoms with Crippen LogP contribution < -0.4 is 5.32 Å². The molecule has 0 spiro atoms. The number of hydrogen-bond acceptors (Lipinski definition) is 4. The fraction of sp³-hybridized carbons (Fsp3) is 0.286. The first-order chi connectivity index (χ1) is 13.2. The lowest BCUT2D eigenvalue weighted by Crippen LogP contribution is -2.42. The molecule has 138 valence electrons. The van der Waals surface area contributed by atoms with Gasteiger partial charge >= 0.3 is 0 Å². The zero-order valence-electron chi connectivity index (χ0n) is 14.9. The van der Waals surface area contributed by atoms with E-state index < -0.39 is 0 Å². The van der Waals surface area contributed by atoms with Crippen LogP contribution in [0.2, 0.25) is 0 Å². The van der Waals surface area contributed by atoms with Crippen LogP contribution in [-0.2, 0) is 16.0 Å². The third-order valence-corrected chi connectivity index (χ3v) is 5.03. The minimum absolute atomic E-state index is 0.0239. The predicted octanol–water partition coefficient (Wildman–Crippen LogP) is 3.25. The Balaban J connectivity index is 1.32. The quantitative estimate of drug-likeness (QED) is 0.772. The van der Waals surface area contributed by atoms with Crippen molar-refractivity contribution >= 4 is 28.5 Å². The summed E-state index contributed by atoms with van der Waals surface area (Å²) < 4.78 is 5.27. The second-order valence-electron chi connectivity index (χ2n) is 6.81. The Bertz CT molecular complexity index is 943. The van der Waals surface area contributed by atoms with Crippen molar-refractivity contribution in [3.63, 3.8) is 0 Å². The molecular weight excluding hydrogens is 342 g/mol. The van der Waals surface area contributed by atoms with Crippen LogP contribution in [0.4, 0.5) is 5.69 Å². The number of amides is 2. The number of para-hydroxylation sites is 2. The molecule has 0 atom stereocenters. The standard InChI is InChI=1S/C21H21N3O3/c25-20(14-18-17-8-4-5-9-19(17)27-23-18)24-12-10-15(11-13-24)21(26)22-16-6-2-1-3-7-16/h1-9,15H,10-14H2,(H,22,26). The second kappa shape index (κ2) is 7.61. The number of likely N-dealkylation sites (tertiary alicyclic amines) is 1. The fourth-order valence-electron chi connectivity index (χ4n) is 3.48. The van der Waals surface area contributed by atoms with Gasteiger partial charge in [0, 0.05) is 30.1 Å². The summed E-state index contributed by atoms with van der Waals surface area (Å²) in [6.07, 6.45) is 1.56. The zero-order valence-corrected chi connectivity index (χ0v) is 14.9. The first-order valence-electron chi connectivity index (χ1n) is 9.17. The average Bonchev–Trinajstić information content (AvgIpc) is 3.12. The molecule has 1 aliphatic heterocycles. The number of anilines is 1. The Hall–Kier alpha value is -3.15. The van der Waals surface area contributed by atoms with E-state index in [2.05, 4.69) is 10.5 Å². The van der Waals surface area contributed by atoms with E-state index in [0.717, 1.165) is 11.1 Å². The third-order valence-electron chi connectivity index (χ3n) is 5.03. The number of rotatable bonds is 4. The van der Waals surface area contributed by atoms with E-state index in [0.29, 0.717) is 37.2 Å². The predicted molar refractivity (Wildman–Crippen MR) is 102 cm³/mol. The van der Waals surface area contributed by atoms with Crippen molar-refractivity contribution in [2.75, 3.05) is 18.4 Å². The highest BCUT2D eigenvalue weighted by molar-refractivity contribution is 5.93. The lowest BCUT2D eigenvalue weighted by atomic mass is 9.95. The maximum atomic E-state index is 12.6. The molecule has 1 saturated heterocycles. The number of nitrogens with one attached hydrogen (secondary N) is 1. The van der Waals surface area contributed by atoms with E-state index in [1.54, 1.807) is 0 Å². The molecule has 6 heteroatoms. The minimum atomic E-state index is -0.0675. The Labute approximate surface area is 157 Å². The number of aromatic nitrogens is 1. The first kappa shape index (κ1) is 17.3. The lowest BCUT2D eigenvalue weighted by Gasteiger charge is -2.31. The molecule has 2 heterocycles. The van der Waals surface area contributed by atoms with Crippen LogP contribution in [0, 0.1) is 5.92 Å². The molecule has 1 N–H and O–H groups in total. The average molecular weight is 363 g/mol. The Morgan fingerprint density at radius 2 is 1.74 bits per heavy atom. The van der Waals surface area contributed by atoms with Crippen LogP contribution in [0.25, 0.3) is 11.0 Å². The van der Waals surface area contributed by atoms with Gasteiger partial charge in [-0.3, -0.25) is 9.59 Å². The molecular formula is C21H21N3O3. The van der Waals surface area contributed by atoms with Gasteiger partial charge in [-0.15, -0.1) is 0 Å². The molecule has 6 nitrogen and oxygen atoms in total. The third kappa shape index (κ3) is 3.84. The number of benzene rings is 2. The van der Waals surface area contributed by atoms with E-state index in [9.17, 15) is 9.59 Å². The molecule has 0 unspecified atom stereocenters. The Morgan fingerprint density at radius 1 is 1.04 bits per heavy atom. The Kier molecular flexibility index (Phi) is 4.87. The van der Waals surface area contributed by atoms with E-state index in [1.165, 1.54) is 0 Å². The zero-order chi connectivity index (χ0) is 18.6. The van der Waals surface area contributed by atoms with Crippen molar-refractivity contribution in [2.24, 2.45) is 5.92 Å². The number of nitrogens with zero attached hydrogens (tertiary/aromatic N) is 2. The SMILES string of the molecule is O=C(Nc1ccccc1)C1CCN(C(=O)Cc2noc3ccccc23)CC1. The largest absolute Gasteiger partial charge is 0.356 e. The highest BCUT2D eigenvalue weighted by Crippen LogP contribution is 2.22. The lowest BCUT2D eigenvalue weighted by molar-refractivity contribution is -0.133. The molecule has 4 rings (SSSR count). The molecule has 2 aromatic carbocycles. The van der Waals surface area contributed by atoms with Crippen LogP contribution >= 0.6 is 0 Å². The van der Waals surface area contributed by atoms with Gasteiger partial charge in [0.05, 0.1) is 6.42 Å². The summed E-state index contributed by atoms with van der Waals surface area (Å²) in [5.41, 5.74) is 2.16. The van der Waals surface area contributed by atoms with E-state index >= 15 is 0 Å². The molecule has 0 radical (unpaired) electrons. The smallest absolute Gasteiger partial charge is 0.228 e. The molecule has 1 aromatic heterocycles. The van der Waals surface area contributed by atoms with Crippen molar-refractivity contribution in [1.29, 1.82) is 0 Å². The number of carbonyl (C=O) groups is 2. The molecule has 1 fully saturated rings. The highest BCUT2D eigenvalue weighted by atomic mass is 16.5. The van der Waals surface area contributed by atoms with Gasteiger partial charge in [0.25, 0.3) is 0 Å². The molecule has 1 aliphatic rings. The van der Waals surface area contributed by atoms with Crippen molar-refractivity contribution < 1.29 is 14.1 Å². The van der Waals surface area contributed by atoms with Gasteiger partial charge < -0.3 is 14.7 Å². The molecule has 0 saturated carbocycles. The highest BCUT2D eigenvalue weighted by Gasteiger charge is 2.28. The van der Waals surface area contributed by atoms with Crippen LogP contribution in [0.3, 0.4) is 0 Å².